The van der Waals surface area contributed by atoms with Crippen LogP contribution in [-0.4, -0.2) is 4.98 Å². The molecular weight excluding hydrogens is 271 g/mol. The molecule has 0 amide bonds. The minimum atomic E-state index is -0.239. The molecule has 2 N–H and O–H groups in total. The van der Waals surface area contributed by atoms with E-state index in [2.05, 4.69) is 0 Å². The van der Waals surface area contributed by atoms with Crippen LogP contribution in [0.2, 0.25) is 0 Å². The van der Waals surface area contributed by atoms with E-state index < -0.39 is 0 Å². The topological polar surface area (TPSA) is 38.9 Å². The highest BCUT2D eigenvalue weighted by Crippen LogP contribution is 2.40. The van der Waals surface area contributed by atoms with Gasteiger partial charge >= 0.3 is 0 Å². The average Bonchev–Trinajstić information content (AvgIpc) is 2.84. The molecule has 106 valence electrons. The van der Waals surface area contributed by atoms with Gasteiger partial charge in [-0.1, -0.05) is 25.3 Å². The Labute approximate surface area is 122 Å². The summed E-state index contributed by atoms with van der Waals surface area (Å²) in [6.45, 7) is 1.97. The summed E-state index contributed by atoms with van der Waals surface area (Å²) in [6.07, 6.45) is 6.28. The zero-order valence-electron chi connectivity index (χ0n) is 11.7. The Kier molecular flexibility index (Phi) is 3.74. The van der Waals surface area contributed by atoms with E-state index in [1.807, 2.05) is 6.92 Å². The third kappa shape index (κ3) is 2.57. The molecule has 0 unspecified atom stereocenters. The van der Waals surface area contributed by atoms with Crippen LogP contribution >= 0.6 is 11.3 Å². The summed E-state index contributed by atoms with van der Waals surface area (Å²) in [5.41, 5.74) is 8.72. The maximum atomic E-state index is 13.5. The number of rotatable bonds is 2. The molecule has 1 aliphatic rings. The van der Waals surface area contributed by atoms with Crippen LogP contribution < -0.4 is 5.73 Å². The number of halogens is 1. The number of hydrogen-bond donors (Lipinski definition) is 1. The highest BCUT2D eigenvalue weighted by molar-refractivity contribution is 7.16. The molecule has 2 aromatic rings. The van der Waals surface area contributed by atoms with Gasteiger partial charge in [-0.2, -0.15) is 0 Å². The van der Waals surface area contributed by atoms with Gasteiger partial charge in [0.25, 0.3) is 0 Å². The molecule has 3 rings (SSSR count). The Hall–Kier alpha value is -1.42. The fourth-order valence-electron chi connectivity index (χ4n) is 2.92. The zero-order valence-corrected chi connectivity index (χ0v) is 12.5. The molecule has 1 heterocycles. The maximum absolute atomic E-state index is 13.5. The van der Waals surface area contributed by atoms with Gasteiger partial charge in [-0.15, -0.1) is 11.3 Å². The lowest BCUT2D eigenvalue weighted by Crippen LogP contribution is -2.03. The lowest BCUT2D eigenvalue weighted by molar-refractivity contribution is 0.442. The zero-order chi connectivity index (χ0) is 14.1. The van der Waals surface area contributed by atoms with Crippen LogP contribution in [0, 0.1) is 12.7 Å². The van der Waals surface area contributed by atoms with Gasteiger partial charge in [-0.05, 0) is 37.5 Å². The molecule has 1 saturated carbocycles. The predicted octanol–water partition coefficient (Wildman–Crippen LogP) is 4.89. The summed E-state index contributed by atoms with van der Waals surface area (Å²) in [6, 6.07) is 4.79. The van der Waals surface area contributed by atoms with Crippen LogP contribution in [0.5, 0.6) is 0 Å². The molecule has 0 radical (unpaired) electrons. The number of anilines is 1. The SMILES string of the molecule is Cc1ccc(F)cc1-c1nc(C2CCCCC2)sc1N. The Bertz CT molecular complexity index is 615. The molecule has 4 heteroatoms. The highest BCUT2D eigenvalue weighted by Gasteiger charge is 2.21. The number of thiazole rings is 1. The first-order chi connectivity index (χ1) is 9.65. The minimum Gasteiger partial charge on any atom is -0.389 e. The lowest BCUT2D eigenvalue weighted by atomic mass is 9.90. The van der Waals surface area contributed by atoms with Gasteiger partial charge in [-0.3, -0.25) is 0 Å². The number of hydrogen-bond acceptors (Lipinski definition) is 3. The van der Waals surface area contributed by atoms with E-state index in [0.29, 0.717) is 10.9 Å². The van der Waals surface area contributed by atoms with Gasteiger partial charge in [-0.25, -0.2) is 9.37 Å². The van der Waals surface area contributed by atoms with Crippen LogP contribution in [0.1, 0.15) is 48.6 Å². The third-order valence-corrected chi connectivity index (χ3v) is 5.13. The number of nitrogens with two attached hydrogens (primary N) is 1. The summed E-state index contributed by atoms with van der Waals surface area (Å²) in [7, 11) is 0. The second-order valence-electron chi connectivity index (χ2n) is 5.56. The average molecular weight is 290 g/mol. The summed E-state index contributed by atoms with van der Waals surface area (Å²) in [5.74, 6) is 0.302. The molecule has 0 bridgehead atoms. The smallest absolute Gasteiger partial charge is 0.123 e. The lowest BCUT2D eigenvalue weighted by Gasteiger charge is -2.18. The quantitative estimate of drug-likeness (QED) is 0.855. The van der Waals surface area contributed by atoms with Crippen molar-refractivity contribution in [2.45, 2.75) is 44.9 Å². The van der Waals surface area contributed by atoms with E-state index in [4.69, 9.17) is 10.7 Å². The van der Waals surface area contributed by atoms with Crippen molar-refractivity contribution in [1.29, 1.82) is 0 Å². The minimum absolute atomic E-state index is 0.239. The van der Waals surface area contributed by atoms with Gasteiger partial charge in [0.1, 0.15) is 16.5 Å². The van der Waals surface area contributed by atoms with Crippen molar-refractivity contribution < 1.29 is 4.39 Å². The molecule has 0 atom stereocenters. The summed E-state index contributed by atoms with van der Waals surface area (Å²) in [4.78, 5) is 4.73. The van der Waals surface area contributed by atoms with E-state index in [1.54, 1.807) is 17.4 Å². The number of nitrogen functional groups attached to an aromatic ring is 1. The van der Waals surface area contributed by atoms with Gasteiger partial charge < -0.3 is 5.73 Å². The standard InChI is InChI=1S/C16H19FN2S/c1-10-7-8-12(17)9-13(10)14-15(18)20-16(19-14)11-5-3-2-4-6-11/h7-9,11H,2-6,18H2,1H3. The second-order valence-corrected chi connectivity index (χ2v) is 6.62. The number of aryl methyl sites for hydroxylation is 1. The number of aromatic nitrogens is 1. The first-order valence-electron chi connectivity index (χ1n) is 7.18. The molecule has 2 nitrogen and oxygen atoms in total. The molecule has 0 spiro atoms. The Balaban J connectivity index is 1.98. The van der Waals surface area contributed by atoms with Crippen molar-refractivity contribution in [2.75, 3.05) is 5.73 Å². The molecular formula is C16H19FN2S. The number of nitrogens with zero attached hydrogens (tertiary/aromatic N) is 1. The first kappa shape index (κ1) is 13.6. The molecule has 0 saturated heterocycles. The van der Waals surface area contributed by atoms with Gasteiger partial charge in [0.2, 0.25) is 0 Å². The third-order valence-electron chi connectivity index (χ3n) is 4.08. The molecule has 1 aromatic heterocycles. The van der Waals surface area contributed by atoms with Gasteiger partial charge in [0.05, 0.1) is 5.01 Å². The Morgan fingerprint density at radius 2 is 2.00 bits per heavy atom. The Morgan fingerprint density at radius 1 is 1.25 bits per heavy atom. The van der Waals surface area contributed by atoms with Crippen LogP contribution in [0.4, 0.5) is 9.39 Å². The fourth-order valence-corrected chi connectivity index (χ4v) is 3.93. The van der Waals surface area contributed by atoms with Crippen molar-refractivity contribution >= 4 is 16.3 Å². The predicted molar refractivity (Wildman–Crippen MR) is 82.5 cm³/mol. The van der Waals surface area contributed by atoms with Crippen LogP contribution in [0.25, 0.3) is 11.3 Å². The van der Waals surface area contributed by atoms with Crippen molar-refractivity contribution in [1.82, 2.24) is 4.98 Å². The first-order valence-corrected chi connectivity index (χ1v) is 7.99. The summed E-state index contributed by atoms with van der Waals surface area (Å²) < 4.78 is 13.5. The van der Waals surface area contributed by atoms with E-state index in [-0.39, 0.29) is 5.82 Å². The highest BCUT2D eigenvalue weighted by atomic mass is 32.1. The molecule has 20 heavy (non-hydrogen) atoms. The molecule has 1 aromatic carbocycles. The van der Waals surface area contributed by atoms with Crippen LogP contribution in [0.3, 0.4) is 0 Å². The second kappa shape index (κ2) is 5.52. The van der Waals surface area contributed by atoms with Crippen molar-refractivity contribution in [2.24, 2.45) is 0 Å². The van der Waals surface area contributed by atoms with Crippen molar-refractivity contribution in [3.8, 4) is 11.3 Å². The van der Waals surface area contributed by atoms with E-state index in [0.717, 1.165) is 21.8 Å². The summed E-state index contributed by atoms with van der Waals surface area (Å²) in [5, 5.41) is 1.83. The van der Waals surface area contributed by atoms with E-state index in [1.165, 1.54) is 44.2 Å². The van der Waals surface area contributed by atoms with Gasteiger partial charge in [0, 0.05) is 11.5 Å². The van der Waals surface area contributed by atoms with Crippen LogP contribution in [0.15, 0.2) is 18.2 Å². The molecule has 1 aliphatic carbocycles. The monoisotopic (exact) mass is 290 g/mol. The maximum Gasteiger partial charge on any atom is 0.123 e. The van der Waals surface area contributed by atoms with E-state index in [9.17, 15) is 4.39 Å². The fraction of sp³-hybridized carbons (Fsp3) is 0.438. The molecule has 0 aliphatic heterocycles. The van der Waals surface area contributed by atoms with Crippen molar-refractivity contribution in [3.05, 3.63) is 34.6 Å². The van der Waals surface area contributed by atoms with Crippen molar-refractivity contribution in [3.63, 3.8) is 0 Å². The normalized spacial score (nSPS) is 16.5. The Morgan fingerprint density at radius 3 is 2.75 bits per heavy atom. The molecule has 1 fully saturated rings. The summed E-state index contributed by atoms with van der Waals surface area (Å²) >= 11 is 1.57. The van der Waals surface area contributed by atoms with Gasteiger partial charge in [0.15, 0.2) is 0 Å². The largest absolute Gasteiger partial charge is 0.389 e. The van der Waals surface area contributed by atoms with E-state index >= 15 is 0 Å². The van der Waals surface area contributed by atoms with Crippen LogP contribution in [-0.2, 0) is 0 Å². The number of benzene rings is 1.